The minimum absolute atomic E-state index is 0.105. The van der Waals surface area contributed by atoms with Crippen molar-refractivity contribution < 1.29 is 4.39 Å². The van der Waals surface area contributed by atoms with E-state index in [0.29, 0.717) is 17.8 Å². The highest BCUT2D eigenvalue weighted by molar-refractivity contribution is 6.31. The van der Waals surface area contributed by atoms with Crippen LogP contribution in [0.2, 0.25) is 5.02 Å². The van der Waals surface area contributed by atoms with Gasteiger partial charge in [0.2, 0.25) is 0 Å². The molecule has 0 atom stereocenters. The third-order valence-corrected chi connectivity index (χ3v) is 4.03. The van der Waals surface area contributed by atoms with Crippen LogP contribution in [0.3, 0.4) is 0 Å². The Balaban J connectivity index is 2.70. The first-order chi connectivity index (χ1) is 9.40. The van der Waals surface area contributed by atoms with E-state index in [9.17, 15) is 4.39 Å². The molecule has 2 rings (SSSR count). The predicted molar refractivity (Wildman–Crippen MR) is 83.4 cm³/mol. The third kappa shape index (κ3) is 2.79. The molecule has 2 nitrogen and oxygen atoms in total. The smallest absolute Gasteiger partial charge is 0.144 e. The summed E-state index contributed by atoms with van der Waals surface area (Å²) in [7, 11) is 0. The summed E-state index contributed by atoms with van der Waals surface area (Å²) < 4.78 is 15.8. The fourth-order valence-electron chi connectivity index (χ4n) is 2.77. The number of hydrogen-bond donors (Lipinski definition) is 0. The zero-order valence-electron chi connectivity index (χ0n) is 12.0. The molecule has 5 heteroatoms. The van der Waals surface area contributed by atoms with Gasteiger partial charge in [-0.05, 0) is 26.3 Å². The van der Waals surface area contributed by atoms with E-state index in [-0.39, 0.29) is 10.6 Å². The van der Waals surface area contributed by atoms with Crippen LogP contribution in [0.4, 0.5) is 4.39 Å². The molecular weight excluding hydrogens is 298 g/mol. The van der Waals surface area contributed by atoms with Crippen molar-refractivity contribution in [2.45, 2.75) is 45.6 Å². The zero-order valence-corrected chi connectivity index (χ0v) is 13.5. The van der Waals surface area contributed by atoms with Gasteiger partial charge in [0.1, 0.15) is 11.6 Å². The SMILES string of the molecule is CCCC(C)(C)n1c(CCCl)nc2cc(F)c(Cl)cc21. The Kier molecular flexibility index (Phi) is 4.60. The Morgan fingerprint density at radius 1 is 1.35 bits per heavy atom. The van der Waals surface area contributed by atoms with E-state index in [1.54, 1.807) is 6.07 Å². The summed E-state index contributed by atoms with van der Waals surface area (Å²) in [5.41, 5.74) is 1.40. The molecule has 0 spiro atoms. The molecule has 0 aliphatic rings. The predicted octanol–water partition coefficient (Wildman–Crippen LogP) is 5.15. The van der Waals surface area contributed by atoms with E-state index >= 15 is 0 Å². The number of aryl methyl sites for hydroxylation is 1. The summed E-state index contributed by atoms with van der Waals surface area (Å²) in [4.78, 5) is 4.53. The highest BCUT2D eigenvalue weighted by Gasteiger charge is 2.25. The van der Waals surface area contributed by atoms with Crippen LogP contribution in [0, 0.1) is 5.82 Å². The van der Waals surface area contributed by atoms with Crippen molar-refractivity contribution in [1.29, 1.82) is 0 Å². The van der Waals surface area contributed by atoms with Crippen molar-refractivity contribution in [1.82, 2.24) is 9.55 Å². The standard InChI is InChI=1S/C15H19Cl2FN2/c1-4-6-15(2,3)20-13-8-10(17)11(18)9-12(13)19-14(20)5-7-16/h8-9H,4-7H2,1-3H3. The second-order valence-corrected chi connectivity index (χ2v) is 6.41. The van der Waals surface area contributed by atoms with Crippen molar-refractivity contribution >= 4 is 34.2 Å². The van der Waals surface area contributed by atoms with E-state index in [1.807, 2.05) is 0 Å². The quantitative estimate of drug-likeness (QED) is 0.698. The molecule has 0 saturated heterocycles. The Morgan fingerprint density at radius 3 is 2.65 bits per heavy atom. The molecule has 20 heavy (non-hydrogen) atoms. The molecule has 1 aromatic heterocycles. The maximum Gasteiger partial charge on any atom is 0.144 e. The molecule has 0 amide bonds. The van der Waals surface area contributed by atoms with Gasteiger partial charge in [0, 0.05) is 23.9 Å². The summed E-state index contributed by atoms with van der Waals surface area (Å²) in [6.45, 7) is 6.47. The zero-order chi connectivity index (χ0) is 14.9. The topological polar surface area (TPSA) is 17.8 Å². The minimum Gasteiger partial charge on any atom is -0.322 e. The van der Waals surface area contributed by atoms with Crippen LogP contribution >= 0.6 is 23.2 Å². The van der Waals surface area contributed by atoms with Gasteiger partial charge >= 0.3 is 0 Å². The lowest BCUT2D eigenvalue weighted by molar-refractivity contribution is 0.324. The normalized spacial score (nSPS) is 12.3. The number of benzene rings is 1. The van der Waals surface area contributed by atoms with Crippen LogP contribution in [-0.2, 0) is 12.0 Å². The average molecular weight is 317 g/mol. The Labute approximate surface area is 128 Å². The lowest BCUT2D eigenvalue weighted by Gasteiger charge is -2.29. The minimum atomic E-state index is -0.436. The van der Waals surface area contributed by atoms with Crippen molar-refractivity contribution in [2.75, 3.05) is 5.88 Å². The number of aromatic nitrogens is 2. The number of fused-ring (bicyclic) bond motifs is 1. The molecule has 0 unspecified atom stereocenters. The number of imidazole rings is 1. The summed E-state index contributed by atoms with van der Waals surface area (Å²) in [6, 6.07) is 3.06. The van der Waals surface area contributed by atoms with E-state index in [0.717, 1.165) is 24.2 Å². The molecule has 0 radical (unpaired) electrons. The summed E-state index contributed by atoms with van der Waals surface area (Å²) in [6.07, 6.45) is 2.72. The second-order valence-electron chi connectivity index (χ2n) is 5.62. The van der Waals surface area contributed by atoms with Gasteiger partial charge in [-0.25, -0.2) is 9.37 Å². The highest BCUT2D eigenvalue weighted by atomic mass is 35.5. The molecule has 0 fully saturated rings. The van der Waals surface area contributed by atoms with Crippen LogP contribution in [0.15, 0.2) is 12.1 Å². The molecule has 1 aromatic carbocycles. The summed E-state index contributed by atoms with van der Waals surface area (Å²) in [5, 5.41) is 0.128. The fourth-order valence-corrected chi connectivity index (χ4v) is 3.10. The third-order valence-electron chi connectivity index (χ3n) is 3.55. The molecule has 2 aromatic rings. The van der Waals surface area contributed by atoms with Crippen molar-refractivity contribution in [2.24, 2.45) is 0 Å². The Morgan fingerprint density at radius 2 is 2.05 bits per heavy atom. The fraction of sp³-hybridized carbons (Fsp3) is 0.533. The van der Waals surface area contributed by atoms with E-state index in [1.165, 1.54) is 6.07 Å². The molecule has 110 valence electrons. The molecular formula is C15H19Cl2FN2. The lowest BCUT2D eigenvalue weighted by atomic mass is 9.97. The lowest BCUT2D eigenvalue weighted by Crippen LogP contribution is -2.28. The van der Waals surface area contributed by atoms with Crippen molar-refractivity contribution in [3.8, 4) is 0 Å². The highest BCUT2D eigenvalue weighted by Crippen LogP contribution is 2.32. The average Bonchev–Trinajstić information content (AvgIpc) is 2.68. The van der Waals surface area contributed by atoms with Gasteiger partial charge in [-0.2, -0.15) is 0 Å². The Hall–Kier alpha value is -0.800. The molecule has 0 bridgehead atoms. The number of halogens is 3. The van der Waals surface area contributed by atoms with Crippen molar-refractivity contribution in [3.05, 3.63) is 28.8 Å². The van der Waals surface area contributed by atoms with E-state index in [4.69, 9.17) is 23.2 Å². The Bertz CT molecular complexity index is 620. The summed E-state index contributed by atoms with van der Waals surface area (Å²) in [5.74, 6) is 0.937. The number of alkyl halides is 1. The number of rotatable bonds is 5. The van der Waals surface area contributed by atoms with Gasteiger partial charge in [0.15, 0.2) is 0 Å². The van der Waals surface area contributed by atoms with Crippen LogP contribution in [0.25, 0.3) is 11.0 Å². The first-order valence-electron chi connectivity index (χ1n) is 6.83. The van der Waals surface area contributed by atoms with Gasteiger partial charge in [0.25, 0.3) is 0 Å². The molecule has 0 aliphatic heterocycles. The van der Waals surface area contributed by atoms with Gasteiger partial charge < -0.3 is 4.57 Å². The van der Waals surface area contributed by atoms with Gasteiger partial charge in [0.05, 0.1) is 16.1 Å². The summed E-state index contributed by atoms with van der Waals surface area (Å²) >= 11 is 11.8. The van der Waals surface area contributed by atoms with Crippen LogP contribution in [-0.4, -0.2) is 15.4 Å². The van der Waals surface area contributed by atoms with E-state index in [2.05, 4.69) is 30.3 Å². The maximum atomic E-state index is 13.6. The molecule has 0 aliphatic carbocycles. The van der Waals surface area contributed by atoms with Crippen LogP contribution in [0.1, 0.15) is 39.4 Å². The first kappa shape index (κ1) is 15.6. The van der Waals surface area contributed by atoms with Crippen molar-refractivity contribution in [3.63, 3.8) is 0 Å². The van der Waals surface area contributed by atoms with Crippen LogP contribution in [0.5, 0.6) is 0 Å². The van der Waals surface area contributed by atoms with Gasteiger partial charge in [-0.3, -0.25) is 0 Å². The largest absolute Gasteiger partial charge is 0.322 e. The number of hydrogen-bond acceptors (Lipinski definition) is 1. The second kappa shape index (κ2) is 5.90. The molecule has 0 saturated carbocycles. The first-order valence-corrected chi connectivity index (χ1v) is 7.74. The monoisotopic (exact) mass is 316 g/mol. The maximum absolute atomic E-state index is 13.6. The molecule has 0 N–H and O–H groups in total. The van der Waals surface area contributed by atoms with Crippen LogP contribution < -0.4 is 0 Å². The van der Waals surface area contributed by atoms with E-state index < -0.39 is 5.82 Å². The molecule has 1 heterocycles. The van der Waals surface area contributed by atoms with Gasteiger partial charge in [-0.15, -0.1) is 11.6 Å². The van der Waals surface area contributed by atoms with Gasteiger partial charge in [-0.1, -0.05) is 24.9 Å². The number of nitrogens with zero attached hydrogens (tertiary/aromatic N) is 2.